The molecule has 4 heteroatoms. The highest BCUT2D eigenvalue weighted by Gasteiger charge is 2.08. The van der Waals surface area contributed by atoms with Gasteiger partial charge >= 0.3 is 0 Å². The van der Waals surface area contributed by atoms with E-state index in [4.69, 9.17) is 23.2 Å². The topological polar surface area (TPSA) is 12.9 Å². The maximum Gasteiger partial charge on any atom is 0.0746 e. The number of rotatable bonds is 2. The summed E-state index contributed by atoms with van der Waals surface area (Å²) in [6.07, 6.45) is 2.03. The first-order chi connectivity index (χ1) is 7.61. The highest BCUT2D eigenvalue weighted by Crippen LogP contribution is 2.33. The second kappa shape index (κ2) is 4.91. The van der Waals surface area contributed by atoms with E-state index in [-0.39, 0.29) is 0 Å². The Morgan fingerprint density at radius 3 is 2.69 bits per heavy atom. The third-order valence-electron chi connectivity index (χ3n) is 2.34. The third kappa shape index (κ3) is 2.34. The van der Waals surface area contributed by atoms with E-state index in [0.29, 0.717) is 10.0 Å². The van der Waals surface area contributed by atoms with Crippen LogP contribution >= 0.6 is 39.1 Å². The second-order valence-electron chi connectivity index (χ2n) is 3.63. The van der Waals surface area contributed by atoms with Gasteiger partial charge in [0.15, 0.2) is 0 Å². The molecule has 2 aromatic rings. The smallest absolute Gasteiger partial charge is 0.0746 e. The van der Waals surface area contributed by atoms with Crippen molar-refractivity contribution in [2.75, 3.05) is 0 Å². The molecule has 16 heavy (non-hydrogen) atoms. The third-order valence-corrected chi connectivity index (χ3v) is 3.48. The summed E-state index contributed by atoms with van der Waals surface area (Å²) in [7, 11) is 0. The molecule has 0 amide bonds. The molecule has 0 atom stereocenters. The van der Waals surface area contributed by atoms with E-state index in [1.54, 1.807) is 6.07 Å². The van der Waals surface area contributed by atoms with Gasteiger partial charge in [0.1, 0.15) is 0 Å². The number of benzene rings is 1. The summed E-state index contributed by atoms with van der Waals surface area (Å²) < 4.78 is 0.975. The Morgan fingerprint density at radius 1 is 1.25 bits per heavy atom. The predicted octanol–water partition coefficient (Wildman–Crippen LogP) is 5.26. The Bertz CT molecular complexity index is 540. The normalized spacial score (nSPS) is 11.0. The molecule has 0 saturated heterocycles. The molecule has 1 nitrogen and oxygen atoms in total. The van der Waals surface area contributed by atoms with Crippen LogP contribution in [0.5, 0.6) is 0 Å². The van der Waals surface area contributed by atoms with Gasteiger partial charge in [-0.15, -0.1) is 0 Å². The average Bonchev–Trinajstić information content (AvgIpc) is 2.15. The summed E-state index contributed by atoms with van der Waals surface area (Å²) in [6, 6.07) is 5.59. The lowest BCUT2D eigenvalue weighted by Gasteiger charge is -2.06. The Balaban J connectivity index is 2.71. The van der Waals surface area contributed by atoms with Gasteiger partial charge in [-0.3, -0.25) is 4.98 Å². The SMILES string of the molecule is CCCc1cc(Br)c2c(Cl)cc(Cl)cc2n1. The van der Waals surface area contributed by atoms with Crippen LogP contribution in [0.2, 0.25) is 10.0 Å². The van der Waals surface area contributed by atoms with Crippen LogP contribution in [0.3, 0.4) is 0 Å². The number of aromatic nitrogens is 1. The number of hydrogen-bond donors (Lipinski definition) is 0. The van der Waals surface area contributed by atoms with E-state index in [1.807, 2.05) is 12.1 Å². The van der Waals surface area contributed by atoms with E-state index >= 15 is 0 Å². The molecule has 0 fully saturated rings. The lowest BCUT2D eigenvalue weighted by Crippen LogP contribution is -1.91. The predicted molar refractivity (Wildman–Crippen MR) is 73.5 cm³/mol. The van der Waals surface area contributed by atoms with Crippen molar-refractivity contribution in [3.05, 3.63) is 38.4 Å². The van der Waals surface area contributed by atoms with Crippen molar-refractivity contribution >= 4 is 50.0 Å². The molecule has 84 valence electrons. The van der Waals surface area contributed by atoms with Crippen LogP contribution in [0, 0.1) is 0 Å². The first-order valence-corrected chi connectivity index (χ1v) is 6.61. The van der Waals surface area contributed by atoms with Crippen LogP contribution in [0.15, 0.2) is 22.7 Å². The van der Waals surface area contributed by atoms with Crippen molar-refractivity contribution in [2.45, 2.75) is 19.8 Å². The molecule has 0 unspecified atom stereocenters. The fourth-order valence-electron chi connectivity index (χ4n) is 1.67. The molecule has 1 aromatic carbocycles. The van der Waals surface area contributed by atoms with E-state index in [9.17, 15) is 0 Å². The minimum absolute atomic E-state index is 0.616. The van der Waals surface area contributed by atoms with Gasteiger partial charge in [-0.2, -0.15) is 0 Å². The standard InChI is InChI=1S/C12H10BrCl2N/c1-2-3-8-6-9(13)12-10(15)4-7(14)5-11(12)16-8/h4-6H,2-3H2,1H3. The average molecular weight is 319 g/mol. The molecule has 0 aliphatic rings. The van der Waals surface area contributed by atoms with Crippen LogP contribution in [-0.2, 0) is 6.42 Å². The molecular formula is C12H10BrCl2N. The molecule has 0 aliphatic carbocycles. The second-order valence-corrected chi connectivity index (χ2v) is 5.33. The van der Waals surface area contributed by atoms with Gasteiger partial charge in [0, 0.05) is 20.6 Å². The first kappa shape index (κ1) is 12.2. The van der Waals surface area contributed by atoms with Gasteiger partial charge in [-0.05, 0) is 40.5 Å². The molecule has 0 radical (unpaired) electrons. The Labute approximate surface area is 113 Å². The zero-order valence-corrected chi connectivity index (χ0v) is 11.8. The number of halogens is 3. The van der Waals surface area contributed by atoms with Crippen molar-refractivity contribution in [2.24, 2.45) is 0 Å². The van der Waals surface area contributed by atoms with Gasteiger partial charge < -0.3 is 0 Å². The largest absolute Gasteiger partial charge is 0.253 e. The van der Waals surface area contributed by atoms with Gasteiger partial charge in [0.2, 0.25) is 0 Å². The monoisotopic (exact) mass is 317 g/mol. The minimum Gasteiger partial charge on any atom is -0.253 e. The van der Waals surface area contributed by atoms with E-state index < -0.39 is 0 Å². The molecule has 1 heterocycles. The summed E-state index contributed by atoms with van der Waals surface area (Å²) in [5.41, 5.74) is 1.90. The molecular weight excluding hydrogens is 309 g/mol. The molecule has 0 N–H and O–H groups in total. The zero-order chi connectivity index (χ0) is 11.7. The molecule has 0 aliphatic heterocycles. The van der Waals surface area contributed by atoms with Gasteiger partial charge in [-0.25, -0.2) is 0 Å². The molecule has 1 aromatic heterocycles. The lowest BCUT2D eigenvalue weighted by atomic mass is 10.1. The van der Waals surface area contributed by atoms with Gasteiger partial charge in [0.05, 0.1) is 10.5 Å². The maximum atomic E-state index is 6.14. The summed E-state index contributed by atoms with van der Waals surface area (Å²) in [5, 5.41) is 2.17. The van der Waals surface area contributed by atoms with Crippen molar-refractivity contribution in [3.63, 3.8) is 0 Å². The van der Waals surface area contributed by atoms with Gasteiger partial charge in [0.25, 0.3) is 0 Å². The van der Waals surface area contributed by atoms with Crippen LogP contribution in [0.25, 0.3) is 10.9 Å². The number of pyridine rings is 1. The van der Waals surface area contributed by atoms with Crippen LogP contribution in [-0.4, -0.2) is 4.98 Å². The maximum absolute atomic E-state index is 6.14. The highest BCUT2D eigenvalue weighted by atomic mass is 79.9. The Morgan fingerprint density at radius 2 is 2.00 bits per heavy atom. The van der Waals surface area contributed by atoms with Crippen molar-refractivity contribution in [1.29, 1.82) is 0 Å². The van der Waals surface area contributed by atoms with E-state index in [1.165, 1.54) is 0 Å². The van der Waals surface area contributed by atoms with Crippen molar-refractivity contribution < 1.29 is 0 Å². The lowest BCUT2D eigenvalue weighted by molar-refractivity contribution is 0.889. The number of fused-ring (bicyclic) bond motifs is 1. The quantitative estimate of drug-likeness (QED) is 0.736. The fraction of sp³-hybridized carbons (Fsp3) is 0.250. The Hall–Kier alpha value is -0.310. The number of nitrogens with zero attached hydrogens (tertiary/aromatic N) is 1. The molecule has 2 rings (SSSR count). The zero-order valence-electron chi connectivity index (χ0n) is 8.73. The van der Waals surface area contributed by atoms with Gasteiger partial charge in [-0.1, -0.05) is 36.5 Å². The van der Waals surface area contributed by atoms with E-state index in [2.05, 4.69) is 27.8 Å². The minimum atomic E-state index is 0.616. The van der Waals surface area contributed by atoms with Crippen LogP contribution in [0.4, 0.5) is 0 Å². The number of aryl methyl sites for hydroxylation is 1. The van der Waals surface area contributed by atoms with Crippen molar-refractivity contribution in [3.8, 4) is 0 Å². The molecule has 0 saturated carbocycles. The molecule has 0 bridgehead atoms. The summed E-state index contributed by atoms with van der Waals surface area (Å²) in [5.74, 6) is 0. The van der Waals surface area contributed by atoms with Crippen LogP contribution in [0.1, 0.15) is 19.0 Å². The van der Waals surface area contributed by atoms with Crippen LogP contribution < -0.4 is 0 Å². The first-order valence-electron chi connectivity index (χ1n) is 5.06. The molecule has 0 spiro atoms. The summed E-state index contributed by atoms with van der Waals surface area (Å²) in [6.45, 7) is 2.13. The summed E-state index contributed by atoms with van der Waals surface area (Å²) in [4.78, 5) is 4.55. The van der Waals surface area contributed by atoms with E-state index in [0.717, 1.165) is 33.9 Å². The highest BCUT2D eigenvalue weighted by molar-refractivity contribution is 9.10. The summed E-state index contributed by atoms with van der Waals surface area (Å²) >= 11 is 15.6. The number of hydrogen-bond acceptors (Lipinski definition) is 1. The Kier molecular flexibility index (Phi) is 3.73. The van der Waals surface area contributed by atoms with Crippen molar-refractivity contribution in [1.82, 2.24) is 4.98 Å². The fourth-order valence-corrected chi connectivity index (χ4v) is 3.05.